The SMILES string of the molecule is N#Cc1ccc(N2C[C@@H]3C[C@H]4C[C@H]3[C@@H]2[C@@H]4O)cn1. The van der Waals surface area contributed by atoms with Crippen LogP contribution in [-0.2, 0) is 0 Å². The molecule has 0 radical (unpaired) electrons. The molecule has 0 spiro atoms. The second-order valence-electron chi connectivity index (χ2n) is 5.80. The van der Waals surface area contributed by atoms with Gasteiger partial charge in [0.25, 0.3) is 0 Å². The summed E-state index contributed by atoms with van der Waals surface area (Å²) in [7, 11) is 0. The van der Waals surface area contributed by atoms with E-state index in [0.29, 0.717) is 17.5 Å². The molecule has 1 N–H and O–H groups in total. The first kappa shape index (κ1) is 10.3. The summed E-state index contributed by atoms with van der Waals surface area (Å²) < 4.78 is 0. The number of fused-ring (bicyclic) bond motifs is 1. The minimum Gasteiger partial charge on any atom is -0.391 e. The molecule has 92 valence electrons. The Morgan fingerprint density at radius 1 is 1.33 bits per heavy atom. The lowest BCUT2D eigenvalue weighted by Gasteiger charge is -2.30. The molecule has 4 heteroatoms. The van der Waals surface area contributed by atoms with Crippen molar-refractivity contribution in [3.05, 3.63) is 24.0 Å². The standard InChI is InChI=1S/C14H15N3O/c15-5-10-1-2-11(6-16-10)17-7-9-3-8-4-12(9)13(17)14(8)18/h1-2,6,8-9,12-14,18H,3-4,7H2/t8-,9-,12+,13+,14+/m0/s1. The van der Waals surface area contributed by atoms with Crippen molar-refractivity contribution in [1.29, 1.82) is 5.26 Å². The molecule has 2 heterocycles. The fourth-order valence-electron chi connectivity index (χ4n) is 4.33. The molecule has 5 atom stereocenters. The lowest BCUT2D eigenvalue weighted by Crippen LogP contribution is -2.40. The van der Waals surface area contributed by atoms with Crippen LogP contribution in [0, 0.1) is 29.1 Å². The normalized spacial score (nSPS) is 40.2. The number of aromatic nitrogens is 1. The van der Waals surface area contributed by atoms with E-state index in [0.717, 1.165) is 18.2 Å². The van der Waals surface area contributed by atoms with Gasteiger partial charge in [0.15, 0.2) is 0 Å². The summed E-state index contributed by atoms with van der Waals surface area (Å²) >= 11 is 0. The molecule has 1 aromatic rings. The molecule has 0 amide bonds. The minimum atomic E-state index is -0.176. The van der Waals surface area contributed by atoms with E-state index in [4.69, 9.17) is 5.26 Å². The number of hydrogen-bond donors (Lipinski definition) is 1. The maximum atomic E-state index is 10.3. The molecule has 2 saturated carbocycles. The highest BCUT2D eigenvalue weighted by Crippen LogP contribution is 2.55. The van der Waals surface area contributed by atoms with Crippen LogP contribution in [0.4, 0.5) is 5.69 Å². The summed E-state index contributed by atoms with van der Waals surface area (Å²) in [4.78, 5) is 6.44. The van der Waals surface area contributed by atoms with Gasteiger partial charge in [-0.25, -0.2) is 4.98 Å². The first-order valence-electron chi connectivity index (χ1n) is 6.59. The van der Waals surface area contributed by atoms with Crippen LogP contribution in [0.2, 0.25) is 0 Å². The molecule has 18 heavy (non-hydrogen) atoms. The highest BCUT2D eigenvalue weighted by Gasteiger charge is 2.58. The van der Waals surface area contributed by atoms with Crippen molar-refractivity contribution in [3.8, 4) is 6.07 Å². The van der Waals surface area contributed by atoms with Gasteiger partial charge in [-0.3, -0.25) is 0 Å². The van der Waals surface area contributed by atoms with Crippen LogP contribution in [0.3, 0.4) is 0 Å². The third kappa shape index (κ3) is 1.20. The summed E-state index contributed by atoms with van der Waals surface area (Å²) in [5.41, 5.74) is 1.50. The summed E-state index contributed by atoms with van der Waals surface area (Å²) in [5.74, 6) is 1.93. The molecule has 4 nitrogen and oxygen atoms in total. The molecule has 2 aliphatic carbocycles. The van der Waals surface area contributed by atoms with Gasteiger partial charge < -0.3 is 10.0 Å². The van der Waals surface area contributed by atoms with Gasteiger partial charge in [-0.2, -0.15) is 5.26 Å². The van der Waals surface area contributed by atoms with Crippen molar-refractivity contribution in [2.24, 2.45) is 17.8 Å². The predicted octanol–water partition coefficient (Wildman–Crippen LogP) is 1.16. The van der Waals surface area contributed by atoms with Crippen LogP contribution in [0.15, 0.2) is 18.3 Å². The largest absolute Gasteiger partial charge is 0.391 e. The number of hydrogen-bond acceptors (Lipinski definition) is 4. The fourth-order valence-corrected chi connectivity index (χ4v) is 4.33. The van der Waals surface area contributed by atoms with Gasteiger partial charge in [-0.15, -0.1) is 0 Å². The molecule has 1 saturated heterocycles. The zero-order chi connectivity index (χ0) is 12.3. The van der Waals surface area contributed by atoms with Crippen LogP contribution >= 0.6 is 0 Å². The van der Waals surface area contributed by atoms with Gasteiger partial charge in [0.1, 0.15) is 11.8 Å². The summed E-state index contributed by atoms with van der Waals surface area (Å²) in [6, 6.07) is 6.03. The van der Waals surface area contributed by atoms with Crippen molar-refractivity contribution < 1.29 is 5.11 Å². The highest BCUT2D eigenvalue weighted by molar-refractivity contribution is 5.50. The molecule has 1 aromatic heterocycles. The van der Waals surface area contributed by atoms with E-state index in [-0.39, 0.29) is 12.1 Å². The lowest BCUT2D eigenvalue weighted by atomic mass is 9.88. The number of nitrogens with zero attached hydrogens (tertiary/aromatic N) is 3. The van der Waals surface area contributed by atoms with Crippen molar-refractivity contribution in [2.75, 3.05) is 11.4 Å². The lowest BCUT2D eigenvalue weighted by molar-refractivity contribution is 0.0966. The number of pyridine rings is 1. The van der Waals surface area contributed by atoms with E-state index < -0.39 is 0 Å². The Morgan fingerprint density at radius 2 is 2.22 bits per heavy atom. The molecule has 3 fully saturated rings. The molecule has 2 bridgehead atoms. The van der Waals surface area contributed by atoms with E-state index >= 15 is 0 Å². The molecular formula is C14H15N3O. The maximum Gasteiger partial charge on any atom is 0.140 e. The smallest absolute Gasteiger partial charge is 0.140 e. The van der Waals surface area contributed by atoms with Crippen molar-refractivity contribution in [3.63, 3.8) is 0 Å². The van der Waals surface area contributed by atoms with Gasteiger partial charge in [0, 0.05) is 6.54 Å². The predicted molar refractivity (Wildman–Crippen MR) is 65.8 cm³/mol. The Hall–Kier alpha value is -1.60. The van der Waals surface area contributed by atoms with Crippen LogP contribution in [-0.4, -0.2) is 28.8 Å². The molecule has 0 aromatic carbocycles. The number of anilines is 1. The highest BCUT2D eigenvalue weighted by atomic mass is 16.3. The Balaban J connectivity index is 1.68. The van der Waals surface area contributed by atoms with E-state index in [1.165, 1.54) is 12.8 Å². The summed E-state index contributed by atoms with van der Waals surface area (Å²) in [6.07, 6.45) is 3.96. The number of nitriles is 1. The average Bonchev–Trinajstić information content (AvgIpc) is 3.00. The van der Waals surface area contributed by atoms with Crippen LogP contribution in [0.25, 0.3) is 0 Å². The Morgan fingerprint density at radius 3 is 2.89 bits per heavy atom. The molecule has 0 unspecified atom stereocenters. The van der Waals surface area contributed by atoms with Gasteiger partial charge in [-0.1, -0.05) is 0 Å². The topological polar surface area (TPSA) is 60.2 Å². The van der Waals surface area contributed by atoms with Gasteiger partial charge in [0.2, 0.25) is 0 Å². The van der Waals surface area contributed by atoms with Crippen LogP contribution in [0.5, 0.6) is 0 Å². The van der Waals surface area contributed by atoms with Gasteiger partial charge in [-0.05, 0) is 42.7 Å². The Labute approximate surface area is 106 Å². The maximum absolute atomic E-state index is 10.3. The van der Waals surface area contributed by atoms with Gasteiger partial charge >= 0.3 is 0 Å². The fraction of sp³-hybridized carbons (Fsp3) is 0.571. The zero-order valence-electron chi connectivity index (χ0n) is 10.0. The minimum absolute atomic E-state index is 0.176. The average molecular weight is 241 g/mol. The Kier molecular flexibility index (Phi) is 1.98. The summed E-state index contributed by atoms with van der Waals surface area (Å²) in [5, 5.41) is 19.1. The van der Waals surface area contributed by atoms with E-state index in [1.807, 2.05) is 12.1 Å². The molecule has 3 aliphatic rings. The number of aliphatic hydroxyl groups is 1. The zero-order valence-corrected chi connectivity index (χ0v) is 10.0. The monoisotopic (exact) mass is 241 g/mol. The van der Waals surface area contributed by atoms with Crippen molar-refractivity contribution >= 4 is 5.69 Å². The number of aliphatic hydroxyl groups excluding tert-OH is 1. The first-order valence-corrected chi connectivity index (χ1v) is 6.59. The number of rotatable bonds is 1. The second-order valence-corrected chi connectivity index (χ2v) is 5.80. The quantitative estimate of drug-likeness (QED) is 0.801. The summed E-state index contributed by atoms with van der Waals surface area (Å²) in [6.45, 7) is 1.04. The first-order chi connectivity index (χ1) is 8.78. The van der Waals surface area contributed by atoms with Crippen molar-refractivity contribution in [2.45, 2.75) is 25.0 Å². The third-order valence-corrected chi connectivity index (χ3v) is 5.04. The molecular weight excluding hydrogens is 226 g/mol. The van der Waals surface area contributed by atoms with E-state index in [2.05, 4.69) is 9.88 Å². The van der Waals surface area contributed by atoms with Gasteiger partial charge in [0.05, 0.1) is 24.0 Å². The van der Waals surface area contributed by atoms with Crippen LogP contribution < -0.4 is 4.90 Å². The Bertz CT molecular complexity index is 519. The molecule has 4 rings (SSSR count). The van der Waals surface area contributed by atoms with E-state index in [1.54, 1.807) is 12.3 Å². The van der Waals surface area contributed by atoms with Crippen molar-refractivity contribution in [1.82, 2.24) is 4.98 Å². The van der Waals surface area contributed by atoms with E-state index in [9.17, 15) is 5.11 Å². The molecule has 1 aliphatic heterocycles. The third-order valence-electron chi connectivity index (χ3n) is 5.04. The second kappa shape index (κ2) is 3.46. The van der Waals surface area contributed by atoms with Crippen LogP contribution in [0.1, 0.15) is 18.5 Å².